The molecule has 1 aromatic rings. The van der Waals surface area contributed by atoms with Gasteiger partial charge in [0.05, 0.1) is 5.69 Å². The SMILES string of the molecule is O=C(O)c1nc(C2CCCCCC2)co1. The number of rotatable bonds is 2. The zero-order chi connectivity index (χ0) is 10.7. The number of nitrogens with zero attached hydrogens (tertiary/aromatic N) is 1. The number of hydrogen-bond donors (Lipinski definition) is 1. The summed E-state index contributed by atoms with van der Waals surface area (Å²) in [5.41, 5.74) is 0.814. The van der Waals surface area contributed by atoms with Crippen LogP contribution < -0.4 is 0 Å². The molecule has 2 rings (SSSR count). The molecule has 0 amide bonds. The molecular weight excluding hydrogens is 194 g/mol. The Labute approximate surface area is 88.3 Å². The Bertz CT molecular complexity index is 337. The predicted octanol–water partition coefficient (Wildman–Crippen LogP) is 2.81. The highest BCUT2D eigenvalue weighted by atomic mass is 16.4. The lowest BCUT2D eigenvalue weighted by molar-refractivity contribution is 0.0653. The molecular formula is C11H15NO3. The van der Waals surface area contributed by atoms with Gasteiger partial charge in [-0.2, -0.15) is 0 Å². The monoisotopic (exact) mass is 209 g/mol. The van der Waals surface area contributed by atoms with Crippen LogP contribution >= 0.6 is 0 Å². The zero-order valence-corrected chi connectivity index (χ0v) is 8.61. The smallest absolute Gasteiger partial charge is 0.392 e. The lowest BCUT2D eigenvalue weighted by Gasteiger charge is -2.08. The van der Waals surface area contributed by atoms with E-state index in [1.54, 1.807) is 0 Å². The fraction of sp³-hybridized carbons (Fsp3) is 0.636. The maximum Gasteiger partial charge on any atom is 0.392 e. The first-order chi connectivity index (χ1) is 7.27. The zero-order valence-electron chi connectivity index (χ0n) is 8.61. The first-order valence-corrected chi connectivity index (χ1v) is 5.46. The van der Waals surface area contributed by atoms with Crippen LogP contribution in [0.3, 0.4) is 0 Å². The minimum Gasteiger partial charge on any atom is -0.474 e. The van der Waals surface area contributed by atoms with Crippen LogP contribution in [0.4, 0.5) is 0 Å². The standard InChI is InChI=1S/C11H15NO3/c13-11(14)10-12-9(7-15-10)8-5-3-1-2-4-6-8/h7-8H,1-6H2,(H,13,14). The van der Waals surface area contributed by atoms with Crippen LogP contribution in [0, 0.1) is 0 Å². The first-order valence-electron chi connectivity index (χ1n) is 5.46. The van der Waals surface area contributed by atoms with Gasteiger partial charge in [-0.05, 0) is 12.8 Å². The van der Waals surface area contributed by atoms with Crippen LogP contribution in [0.5, 0.6) is 0 Å². The Morgan fingerprint density at radius 1 is 1.33 bits per heavy atom. The Hall–Kier alpha value is -1.32. The highest BCUT2D eigenvalue weighted by Gasteiger charge is 2.20. The number of hydrogen-bond acceptors (Lipinski definition) is 3. The largest absolute Gasteiger partial charge is 0.474 e. The number of carbonyl (C=O) groups is 1. The average molecular weight is 209 g/mol. The van der Waals surface area contributed by atoms with Gasteiger partial charge in [0, 0.05) is 5.92 Å². The fourth-order valence-electron chi connectivity index (χ4n) is 2.15. The van der Waals surface area contributed by atoms with E-state index in [0.717, 1.165) is 18.5 Å². The summed E-state index contributed by atoms with van der Waals surface area (Å²) in [5.74, 6) is -0.881. The van der Waals surface area contributed by atoms with E-state index in [-0.39, 0.29) is 5.89 Å². The Morgan fingerprint density at radius 3 is 2.53 bits per heavy atom. The van der Waals surface area contributed by atoms with Gasteiger partial charge >= 0.3 is 11.9 Å². The number of oxazole rings is 1. The van der Waals surface area contributed by atoms with Crippen molar-refractivity contribution in [2.24, 2.45) is 0 Å². The molecule has 0 atom stereocenters. The minimum absolute atomic E-state index is 0.186. The summed E-state index contributed by atoms with van der Waals surface area (Å²) < 4.78 is 4.91. The molecule has 15 heavy (non-hydrogen) atoms. The van der Waals surface area contributed by atoms with Crippen LogP contribution in [0.2, 0.25) is 0 Å². The van der Waals surface area contributed by atoms with Gasteiger partial charge in [0.25, 0.3) is 0 Å². The molecule has 0 spiro atoms. The van der Waals surface area contributed by atoms with E-state index < -0.39 is 5.97 Å². The van der Waals surface area contributed by atoms with E-state index in [1.165, 1.54) is 31.9 Å². The van der Waals surface area contributed by atoms with Gasteiger partial charge in [-0.15, -0.1) is 0 Å². The maximum absolute atomic E-state index is 10.6. The van der Waals surface area contributed by atoms with Gasteiger partial charge in [-0.1, -0.05) is 25.7 Å². The van der Waals surface area contributed by atoms with Crippen molar-refractivity contribution < 1.29 is 14.3 Å². The second-order valence-corrected chi connectivity index (χ2v) is 4.07. The molecule has 0 radical (unpaired) electrons. The molecule has 82 valence electrons. The van der Waals surface area contributed by atoms with Crippen LogP contribution in [-0.2, 0) is 0 Å². The second kappa shape index (κ2) is 4.47. The van der Waals surface area contributed by atoms with E-state index >= 15 is 0 Å². The molecule has 1 fully saturated rings. The fourth-order valence-corrected chi connectivity index (χ4v) is 2.15. The van der Waals surface area contributed by atoms with Crippen molar-refractivity contribution >= 4 is 5.97 Å². The highest BCUT2D eigenvalue weighted by molar-refractivity contribution is 5.82. The quantitative estimate of drug-likeness (QED) is 0.761. The summed E-state index contributed by atoms with van der Waals surface area (Å²) in [6.07, 6.45) is 8.68. The van der Waals surface area contributed by atoms with Crippen molar-refractivity contribution in [1.29, 1.82) is 0 Å². The van der Waals surface area contributed by atoms with Gasteiger partial charge in [-0.3, -0.25) is 0 Å². The molecule has 4 heteroatoms. The van der Waals surface area contributed by atoms with Gasteiger partial charge in [-0.25, -0.2) is 9.78 Å². The van der Waals surface area contributed by atoms with Crippen molar-refractivity contribution in [1.82, 2.24) is 4.98 Å². The molecule has 0 aliphatic heterocycles. The van der Waals surface area contributed by atoms with Gasteiger partial charge in [0.2, 0.25) is 0 Å². The van der Waals surface area contributed by atoms with Crippen LogP contribution in [0.25, 0.3) is 0 Å². The molecule has 1 aliphatic carbocycles. The van der Waals surface area contributed by atoms with Gasteiger partial charge in [0.1, 0.15) is 6.26 Å². The lowest BCUT2D eigenvalue weighted by atomic mass is 9.97. The molecule has 1 saturated carbocycles. The van der Waals surface area contributed by atoms with Crippen molar-refractivity contribution in [3.63, 3.8) is 0 Å². The third-order valence-electron chi connectivity index (χ3n) is 2.98. The van der Waals surface area contributed by atoms with E-state index in [1.807, 2.05) is 0 Å². The predicted molar refractivity (Wildman–Crippen MR) is 53.9 cm³/mol. The molecule has 0 aromatic carbocycles. The van der Waals surface area contributed by atoms with E-state index in [0.29, 0.717) is 5.92 Å². The maximum atomic E-state index is 10.6. The second-order valence-electron chi connectivity index (χ2n) is 4.07. The normalized spacial score (nSPS) is 18.7. The third kappa shape index (κ3) is 2.37. The molecule has 1 N–H and O–H groups in total. The van der Waals surface area contributed by atoms with E-state index in [9.17, 15) is 4.79 Å². The summed E-state index contributed by atoms with van der Waals surface area (Å²) in [5, 5.41) is 8.70. The molecule has 4 nitrogen and oxygen atoms in total. The molecule has 1 aliphatic rings. The topological polar surface area (TPSA) is 63.3 Å². The van der Waals surface area contributed by atoms with Crippen LogP contribution in [-0.4, -0.2) is 16.1 Å². The van der Waals surface area contributed by atoms with Crippen molar-refractivity contribution in [2.75, 3.05) is 0 Å². The molecule has 0 bridgehead atoms. The van der Waals surface area contributed by atoms with Gasteiger partial charge in [0.15, 0.2) is 0 Å². The Kier molecular flexibility index (Phi) is 3.04. The summed E-state index contributed by atoms with van der Waals surface area (Å²) in [6.45, 7) is 0. The lowest BCUT2D eigenvalue weighted by Crippen LogP contribution is -2.00. The Balaban J connectivity index is 2.10. The van der Waals surface area contributed by atoms with Crippen molar-refractivity contribution in [3.8, 4) is 0 Å². The molecule has 0 unspecified atom stereocenters. The average Bonchev–Trinajstić information content (AvgIpc) is 2.55. The van der Waals surface area contributed by atoms with Crippen molar-refractivity contribution in [2.45, 2.75) is 44.4 Å². The van der Waals surface area contributed by atoms with Crippen LogP contribution in [0.1, 0.15) is 60.8 Å². The molecule has 0 saturated heterocycles. The van der Waals surface area contributed by atoms with E-state index in [4.69, 9.17) is 9.52 Å². The first kappa shape index (κ1) is 10.2. The Morgan fingerprint density at radius 2 is 2.00 bits per heavy atom. The van der Waals surface area contributed by atoms with Crippen LogP contribution in [0.15, 0.2) is 10.7 Å². The highest BCUT2D eigenvalue weighted by Crippen LogP contribution is 2.30. The summed E-state index contributed by atoms with van der Waals surface area (Å²) >= 11 is 0. The summed E-state index contributed by atoms with van der Waals surface area (Å²) in [6, 6.07) is 0. The van der Waals surface area contributed by atoms with Gasteiger partial charge < -0.3 is 9.52 Å². The minimum atomic E-state index is -1.09. The molecule has 1 aromatic heterocycles. The number of carboxylic acids is 1. The number of carboxylic acid groups (broad SMARTS) is 1. The van der Waals surface area contributed by atoms with E-state index in [2.05, 4.69) is 4.98 Å². The molecule has 1 heterocycles. The summed E-state index contributed by atoms with van der Waals surface area (Å²) in [7, 11) is 0. The third-order valence-corrected chi connectivity index (χ3v) is 2.98. The summed E-state index contributed by atoms with van der Waals surface area (Å²) in [4.78, 5) is 14.6. The number of aromatic carboxylic acids is 1. The van der Waals surface area contributed by atoms with Crippen molar-refractivity contribution in [3.05, 3.63) is 17.8 Å². The number of aromatic nitrogens is 1.